The predicted octanol–water partition coefficient (Wildman–Crippen LogP) is 3.67. The van der Waals surface area contributed by atoms with E-state index in [1.54, 1.807) is 26.0 Å². The summed E-state index contributed by atoms with van der Waals surface area (Å²) in [6.07, 6.45) is 1.19. The second-order valence-electron chi connectivity index (χ2n) is 5.29. The molecule has 0 aliphatic carbocycles. The first kappa shape index (κ1) is 19.6. The molecular formula is C18H19FN2O4S. The topological polar surface area (TPSA) is 77.0 Å². The Balaban J connectivity index is 1.97. The van der Waals surface area contributed by atoms with Gasteiger partial charge in [-0.15, -0.1) is 11.3 Å². The number of aryl methyl sites for hydroxylation is 1. The number of benzene rings is 1. The standard InChI is InChI=1S/C18H19FN2O4S/c1-4-24-18(23)16-11(2)12(3)26-17(16)21-15(22)10-25-20-9-13-7-5-6-8-14(13)19/h5-9H,4,10H2,1-3H3,(H,21,22)/b20-9-. The van der Waals surface area contributed by atoms with Crippen molar-refractivity contribution in [3.63, 3.8) is 0 Å². The van der Waals surface area contributed by atoms with Gasteiger partial charge in [-0.1, -0.05) is 23.4 Å². The van der Waals surface area contributed by atoms with E-state index in [0.29, 0.717) is 10.6 Å². The average molecular weight is 378 g/mol. The highest BCUT2D eigenvalue weighted by Gasteiger charge is 2.22. The molecule has 0 bridgehead atoms. The summed E-state index contributed by atoms with van der Waals surface area (Å²) in [6, 6.07) is 6.06. The van der Waals surface area contributed by atoms with Crippen LogP contribution in [-0.2, 0) is 14.4 Å². The van der Waals surface area contributed by atoms with Crippen LogP contribution in [0.5, 0.6) is 0 Å². The second kappa shape index (κ2) is 9.10. The number of carbonyl (C=O) groups excluding carboxylic acids is 2. The van der Waals surface area contributed by atoms with E-state index in [4.69, 9.17) is 9.57 Å². The normalized spacial score (nSPS) is 10.8. The zero-order valence-corrected chi connectivity index (χ0v) is 15.5. The highest BCUT2D eigenvalue weighted by Crippen LogP contribution is 2.32. The molecule has 0 saturated carbocycles. The minimum absolute atomic E-state index is 0.244. The number of esters is 1. The molecule has 26 heavy (non-hydrogen) atoms. The van der Waals surface area contributed by atoms with E-state index < -0.39 is 17.7 Å². The molecule has 6 nitrogen and oxygen atoms in total. The molecule has 0 radical (unpaired) electrons. The first-order chi connectivity index (χ1) is 12.4. The maximum absolute atomic E-state index is 13.4. The van der Waals surface area contributed by atoms with Gasteiger partial charge in [-0.05, 0) is 32.4 Å². The van der Waals surface area contributed by atoms with Crippen LogP contribution in [0.25, 0.3) is 0 Å². The number of ether oxygens (including phenoxy) is 1. The van der Waals surface area contributed by atoms with Crippen LogP contribution in [0.2, 0.25) is 0 Å². The van der Waals surface area contributed by atoms with Crippen molar-refractivity contribution in [1.82, 2.24) is 0 Å². The van der Waals surface area contributed by atoms with E-state index in [-0.39, 0.29) is 18.8 Å². The number of amides is 1. The maximum Gasteiger partial charge on any atom is 0.341 e. The summed E-state index contributed by atoms with van der Waals surface area (Å²) < 4.78 is 18.4. The van der Waals surface area contributed by atoms with E-state index in [1.807, 2.05) is 6.92 Å². The number of carbonyl (C=O) groups is 2. The number of nitrogens with zero attached hydrogens (tertiary/aromatic N) is 1. The Hall–Kier alpha value is -2.74. The summed E-state index contributed by atoms with van der Waals surface area (Å²) in [4.78, 5) is 29.9. The molecule has 138 valence electrons. The Bertz CT molecular complexity index is 833. The van der Waals surface area contributed by atoms with E-state index in [1.165, 1.54) is 29.7 Å². The van der Waals surface area contributed by atoms with Gasteiger partial charge in [0.05, 0.1) is 18.4 Å². The Kier molecular flexibility index (Phi) is 6.85. The fraction of sp³-hybridized carbons (Fsp3) is 0.278. The van der Waals surface area contributed by atoms with Crippen LogP contribution >= 0.6 is 11.3 Å². The quantitative estimate of drug-likeness (QED) is 0.453. The molecule has 0 aliphatic heterocycles. The molecule has 2 aromatic rings. The summed E-state index contributed by atoms with van der Waals surface area (Å²) in [5, 5.41) is 6.61. The maximum atomic E-state index is 13.4. The van der Waals surface area contributed by atoms with Crippen molar-refractivity contribution in [3.8, 4) is 0 Å². The lowest BCUT2D eigenvalue weighted by Crippen LogP contribution is -2.18. The number of rotatable bonds is 7. The van der Waals surface area contributed by atoms with Crippen molar-refractivity contribution in [3.05, 3.63) is 51.7 Å². The van der Waals surface area contributed by atoms with Crippen LogP contribution in [0.15, 0.2) is 29.4 Å². The molecule has 2 rings (SSSR count). The van der Waals surface area contributed by atoms with Crippen molar-refractivity contribution >= 4 is 34.4 Å². The summed E-state index contributed by atoms with van der Waals surface area (Å²) >= 11 is 1.29. The Morgan fingerprint density at radius 2 is 2.04 bits per heavy atom. The first-order valence-electron chi connectivity index (χ1n) is 7.90. The minimum Gasteiger partial charge on any atom is -0.462 e. The van der Waals surface area contributed by atoms with Crippen LogP contribution in [0.3, 0.4) is 0 Å². The molecule has 1 N–H and O–H groups in total. The van der Waals surface area contributed by atoms with Gasteiger partial charge >= 0.3 is 5.97 Å². The van der Waals surface area contributed by atoms with Gasteiger partial charge in [-0.25, -0.2) is 9.18 Å². The molecule has 1 amide bonds. The largest absolute Gasteiger partial charge is 0.462 e. The van der Waals surface area contributed by atoms with Crippen molar-refractivity contribution in [2.45, 2.75) is 20.8 Å². The van der Waals surface area contributed by atoms with E-state index in [9.17, 15) is 14.0 Å². The lowest BCUT2D eigenvalue weighted by Gasteiger charge is -2.06. The van der Waals surface area contributed by atoms with Gasteiger partial charge < -0.3 is 14.9 Å². The van der Waals surface area contributed by atoms with Crippen LogP contribution in [0, 0.1) is 19.7 Å². The number of nitrogens with one attached hydrogen (secondary N) is 1. The fourth-order valence-corrected chi connectivity index (χ4v) is 3.16. The van der Waals surface area contributed by atoms with Gasteiger partial charge in [0.25, 0.3) is 5.91 Å². The average Bonchev–Trinajstić information content (AvgIpc) is 2.87. The Labute approximate surface area is 154 Å². The molecule has 0 saturated heterocycles. The molecule has 0 fully saturated rings. The molecule has 1 aromatic carbocycles. The summed E-state index contributed by atoms with van der Waals surface area (Å²) in [5.74, 6) is -1.40. The Morgan fingerprint density at radius 3 is 2.73 bits per heavy atom. The summed E-state index contributed by atoms with van der Waals surface area (Å²) in [7, 11) is 0. The molecular weight excluding hydrogens is 359 g/mol. The third-order valence-electron chi connectivity index (χ3n) is 3.49. The molecule has 0 spiro atoms. The van der Waals surface area contributed by atoms with Crippen LogP contribution in [0.4, 0.5) is 9.39 Å². The SMILES string of the molecule is CCOC(=O)c1c(NC(=O)CO/N=C\c2ccccc2F)sc(C)c1C. The number of hydrogen-bond acceptors (Lipinski definition) is 6. The molecule has 0 unspecified atom stereocenters. The summed E-state index contributed by atoms with van der Waals surface area (Å²) in [6.45, 7) is 5.24. The Morgan fingerprint density at radius 1 is 1.31 bits per heavy atom. The zero-order chi connectivity index (χ0) is 19.1. The van der Waals surface area contributed by atoms with Gasteiger partial charge in [0.2, 0.25) is 0 Å². The van der Waals surface area contributed by atoms with E-state index in [0.717, 1.165) is 10.4 Å². The van der Waals surface area contributed by atoms with Gasteiger partial charge in [-0.2, -0.15) is 0 Å². The molecule has 1 aromatic heterocycles. The third kappa shape index (κ3) is 4.89. The fourth-order valence-electron chi connectivity index (χ4n) is 2.10. The van der Waals surface area contributed by atoms with Gasteiger partial charge in [0.1, 0.15) is 10.8 Å². The smallest absolute Gasteiger partial charge is 0.341 e. The van der Waals surface area contributed by atoms with E-state index in [2.05, 4.69) is 10.5 Å². The first-order valence-corrected chi connectivity index (χ1v) is 8.72. The molecule has 0 aliphatic rings. The number of halogens is 1. The highest BCUT2D eigenvalue weighted by atomic mass is 32.1. The van der Waals surface area contributed by atoms with Crippen molar-refractivity contribution in [2.24, 2.45) is 5.16 Å². The number of oxime groups is 1. The number of hydrogen-bond donors (Lipinski definition) is 1. The zero-order valence-electron chi connectivity index (χ0n) is 14.7. The van der Waals surface area contributed by atoms with Gasteiger partial charge in [0, 0.05) is 10.4 Å². The number of thiophene rings is 1. The van der Waals surface area contributed by atoms with E-state index >= 15 is 0 Å². The second-order valence-corrected chi connectivity index (χ2v) is 6.51. The lowest BCUT2D eigenvalue weighted by atomic mass is 10.1. The molecule has 0 atom stereocenters. The predicted molar refractivity (Wildman–Crippen MR) is 98.3 cm³/mol. The third-order valence-corrected chi connectivity index (χ3v) is 4.61. The van der Waals surface area contributed by atoms with Crippen molar-refractivity contribution < 1.29 is 23.6 Å². The highest BCUT2D eigenvalue weighted by molar-refractivity contribution is 7.16. The lowest BCUT2D eigenvalue weighted by molar-refractivity contribution is -0.120. The minimum atomic E-state index is -0.484. The van der Waals surface area contributed by atoms with Gasteiger partial charge in [-0.3, -0.25) is 4.79 Å². The van der Waals surface area contributed by atoms with Crippen LogP contribution in [0.1, 0.15) is 33.3 Å². The van der Waals surface area contributed by atoms with Crippen molar-refractivity contribution in [2.75, 3.05) is 18.5 Å². The molecule has 1 heterocycles. The summed E-state index contributed by atoms with van der Waals surface area (Å²) in [5.41, 5.74) is 1.36. The van der Waals surface area contributed by atoms with Gasteiger partial charge in [0.15, 0.2) is 6.61 Å². The molecule has 8 heteroatoms. The monoisotopic (exact) mass is 378 g/mol. The van der Waals surface area contributed by atoms with Crippen molar-refractivity contribution in [1.29, 1.82) is 0 Å². The van der Waals surface area contributed by atoms with Crippen LogP contribution < -0.4 is 5.32 Å². The van der Waals surface area contributed by atoms with Crippen LogP contribution in [-0.4, -0.2) is 31.3 Å². The number of anilines is 1.